The van der Waals surface area contributed by atoms with Crippen LogP contribution in [0.5, 0.6) is 0 Å². The minimum absolute atomic E-state index is 0. The molecule has 0 aliphatic carbocycles. The molecule has 3 heteroatoms. The second-order valence-corrected chi connectivity index (χ2v) is 5.27. The Morgan fingerprint density at radius 1 is 0.533 bits per heavy atom. The van der Waals surface area contributed by atoms with Gasteiger partial charge in [0.2, 0.25) is 0 Å². The fourth-order valence-corrected chi connectivity index (χ4v) is 3.71. The van der Waals surface area contributed by atoms with Crippen molar-refractivity contribution in [2.75, 3.05) is 0 Å². The molecule has 0 aromatic heterocycles. The zero-order chi connectivity index (χ0) is 9.38. The minimum Gasteiger partial charge on any atom is -0.0877 e. The molecule has 2 aromatic rings. The van der Waals surface area contributed by atoms with Crippen LogP contribution in [0.25, 0.3) is 0 Å². The lowest BCUT2D eigenvalue weighted by atomic mass is 10.3. The number of benzene rings is 2. The highest BCUT2D eigenvalue weighted by Crippen LogP contribution is 2.47. The van der Waals surface area contributed by atoms with E-state index in [1.54, 1.807) is 0 Å². The Hall–Kier alpha value is -0.643. The maximum atomic E-state index is 2.18. The topological polar surface area (TPSA) is 0 Å². The van der Waals surface area contributed by atoms with Gasteiger partial charge in [-0.25, -0.2) is 0 Å². The van der Waals surface area contributed by atoms with Gasteiger partial charge >= 0.3 is 0 Å². The molecule has 0 atom stereocenters. The molecule has 0 amide bonds. The molecule has 15 heavy (non-hydrogen) atoms. The van der Waals surface area contributed by atoms with E-state index in [2.05, 4.69) is 48.5 Å². The molecule has 0 nitrogen and oxygen atoms in total. The first-order valence-corrected chi connectivity index (χ1v) is 6.10. The second kappa shape index (κ2) is 4.47. The van der Waals surface area contributed by atoms with E-state index in [1.807, 2.05) is 23.5 Å². The predicted molar refractivity (Wildman–Crippen MR) is 72.5 cm³/mol. The molecule has 1 aliphatic heterocycles. The summed E-state index contributed by atoms with van der Waals surface area (Å²) in [5.41, 5.74) is 0. The van der Waals surface area contributed by atoms with Crippen molar-refractivity contribution in [3.63, 3.8) is 0 Å². The largest absolute Gasteiger partial charge is 0.0877 e. The molecular weight excluding hydrogens is 236 g/mol. The second-order valence-electron chi connectivity index (χ2n) is 3.10. The van der Waals surface area contributed by atoms with Crippen LogP contribution in [0.15, 0.2) is 68.1 Å². The normalized spacial score (nSPS) is 12.3. The molecule has 3 rings (SSSR count). The van der Waals surface area contributed by atoms with Crippen molar-refractivity contribution in [2.24, 2.45) is 0 Å². The molecule has 76 valence electrons. The SMILES string of the molecule is [SiH4].c1ccc2c(c1)Sc1ccccc1S2. The standard InChI is InChI=1S/C12H8S2.H4Si/c1-2-6-10-9(5-1)13-11-7-3-4-8-12(11)14-10;/h1-8H;1H4. The minimum atomic E-state index is 0. The van der Waals surface area contributed by atoms with Gasteiger partial charge in [0.05, 0.1) is 0 Å². The van der Waals surface area contributed by atoms with E-state index in [1.165, 1.54) is 19.6 Å². The van der Waals surface area contributed by atoms with Crippen LogP contribution in [-0.2, 0) is 0 Å². The van der Waals surface area contributed by atoms with E-state index in [0.717, 1.165) is 0 Å². The van der Waals surface area contributed by atoms with E-state index in [0.29, 0.717) is 0 Å². The van der Waals surface area contributed by atoms with Crippen LogP contribution in [0, 0.1) is 0 Å². The Bertz CT molecular complexity index is 395. The van der Waals surface area contributed by atoms with Crippen LogP contribution >= 0.6 is 23.5 Å². The highest BCUT2D eigenvalue weighted by molar-refractivity contribution is 8.05. The summed E-state index contributed by atoms with van der Waals surface area (Å²) in [6.45, 7) is 0. The molecule has 0 bridgehead atoms. The third-order valence-electron chi connectivity index (χ3n) is 2.14. The molecule has 0 saturated heterocycles. The van der Waals surface area contributed by atoms with Crippen molar-refractivity contribution < 1.29 is 0 Å². The van der Waals surface area contributed by atoms with Gasteiger partial charge in [0.1, 0.15) is 0 Å². The number of rotatable bonds is 0. The maximum Gasteiger partial charge on any atom is 0.0262 e. The first kappa shape index (κ1) is 10.9. The van der Waals surface area contributed by atoms with Crippen molar-refractivity contribution in [2.45, 2.75) is 19.6 Å². The number of hydrogen-bond acceptors (Lipinski definition) is 2. The maximum absolute atomic E-state index is 2.18. The van der Waals surface area contributed by atoms with Crippen molar-refractivity contribution in [3.05, 3.63) is 48.5 Å². The summed E-state index contributed by atoms with van der Waals surface area (Å²) in [6, 6.07) is 17.1. The van der Waals surface area contributed by atoms with Crippen LogP contribution in [0.1, 0.15) is 0 Å². The van der Waals surface area contributed by atoms with Gasteiger partial charge in [0.25, 0.3) is 0 Å². The molecule has 0 fully saturated rings. The Kier molecular flexibility index (Phi) is 3.24. The van der Waals surface area contributed by atoms with Crippen LogP contribution < -0.4 is 0 Å². The summed E-state index contributed by atoms with van der Waals surface area (Å²) in [5, 5.41) is 0. The Labute approximate surface area is 103 Å². The zero-order valence-corrected chi connectivity index (χ0v) is 9.07. The van der Waals surface area contributed by atoms with Gasteiger partial charge in [-0.1, -0.05) is 47.8 Å². The molecule has 0 saturated carbocycles. The lowest BCUT2D eigenvalue weighted by molar-refractivity contribution is 1.16. The Morgan fingerprint density at radius 2 is 0.800 bits per heavy atom. The molecule has 1 aliphatic rings. The fourth-order valence-electron chi connectivity index (χ4n) is 1.47. The van der Waals surface area contributed by atoms with Crippen molar-refractivity contribution >= 4 is 34.5 Å². The van der Waals surface area contributed by atoms with E-state index in [4.69, 9.17) is 0 Å². The fraction of sp³-hybridized carbons (Fsp3) is 0. The van der Waals surface area contributed by atoms with Crippen molar-refractivity contribution in [3.8, 4) is 0 Å². The van der Waals surface area contributed by atoms with Crippen molar-refractivity contribution in [1.29, 1.82) is 0 Å². The molecule has 0 radical (unpaired) electrons. The molecular formula is C12H12S2Si. The van der Waals surface area contributed by atoms with Crippen LogP contribution in [0.3, 0.4) is 0 Å². The van der Waals surface area contributed by atoms with E-state index in [-0.39, 0.29) is 11.0 Å². The summed E-state index contributed by atoms with van der Waals surface area (Å²) < 4.78 is 0. The smallest absolute Gasteiger partial charge is 0.0262 e. The Morgan fingerprint density at radius 3 is 1.07 bits per heavy atom. The monoisotopic (exact) mass is 248 g/mol. The lowest BCUT2D eigenvalue weighted by Crippen LogP contribution is -1.87. The third-order valence-corrected chi connectivity index (χ3v) is 4.70. The summed E-state index contributed by atoms with van der Waals surface area (Å²) in [4.78, 5) is 5.49. The molecule has 0 N–H and O–H groups in total. The van der Waals surface area contributed by atoms with E-state index >= 15 is 0 Å². The van der Waals surface area contributed by atoms with Crippen LogP contribution in [0.4, 0.5) is 0 Å². The molecule has 2 aromatic carbocycles. The highest BCUT2D eigenvalue weighted by atomic mass is 32.2. The summed E-state index contributed by atoms with van der Waals surface area (Å²) in [7, 11) is 0. The number of hydrogen-bond donors (Lipinski definition) is 0. The van der Waals surface area contributed by atoms with Crippen molar-refractivity contribution in [1.82, 2.24) is 0 Å². The van der Waals surface area contributed by atoms with Gasteiger partial charge in [-0.15, -0.1) is 0 Å². The van der Waals surface area contributed by atoms with Crippen LogP contribution in [-0.4, -0.2) is 11.0 Å². The van der Waals surface area contributed by atoms with Gasteiger partial charge in [0, 0.05) is 19.6 Å². The molecule has 0 unspecified atom stereocenters. The summed E-state index contributed by atoms with van der Waals surface area (Å²) in [5.74, 6) is 0. The van der Waals surface area contributed by atoms with Gasteiger partial charge in [-0.2, -0.15) is 0 Å². The Balaban J connectivity index is 0.000000853. The molecule has 0 spiro atoms. The summed E-state index contributed by atoms with van der Waals surface area (Å²) >= 11 is 3.72. The average molecular weight is 248 g/mol. The first-order chi connectivity index (χ1) is 6.93. The van der Waals surface area contributed by atoms with Gasteiger partial charge in [-0.3, -0.25) is 0 Å². The molecule has 1 heterocycles. The first-order valence-electron chi connectivity index (χ1n) is 4.47. The highest BCUT2D eigenvalue weighted by Gasteiger charge is 2.14. The predicted octanol–water partition coefficient (Wildman–Crippen LogP) is 2.85. The average Bonchev–Trinajstić information content (AvgIpc) is 2.26. The third kappa shape index (κ3) is 2.00. The quantitative estimate of drug-likeness (QED) is 0.561. The zero-order valence-electron chi connectivity index (χ0n) is 7.44. The van der Waals surface area contributed by atoms with Gasteiger partial charge in [0.15, 0.2) is 0 Å². The van der Waals surface area contributed by atoms with E-state index in [9.17, 15) is 0 Å². The van der Waals surface area contributed by atoms with Gasteiger partial charge in [-0.05, 0) is 35.2 Å². The number of fused-ring (bicyclic) bond motifs is 2. The lowest BCUT2D eigenvalue weighted by Gasteiger charge is -2.17. The van der Waals surface area contributed by atoms with E-state index < -0.39 is 0 Å². The summed E-state index contributed by atoms with van der Waals surface area (Å²) in [6.07, 6.45) is 0. The van der Waals surface area contributed by atoms with Crippen LogP contribution in [0.2, 0.25) is 0 Å². The van der Waals surface area contributed by atoms with Gasteiger partial charge < -0.3 is 0 Å².